The van der Waals surface area contributed by atoms with Gasteiger partial charge in [0.1, 0.15) is 0 Å². The van der Waals surface area contributed by atoms with Gasteiger partial charge in [-0.3, -0.25) is 0 Å². The first-order valence-corrected chi connectivity index (χ1v) is 25.7. The van der Waals surface area contributed by atoms with E-state index in [1.807, 2.05) is 36.4 Å². The molecule has 0 fully saturated rings. The molecule has 4 heteroatoms. The Morgan fingerprint density at radius 1 is 0.237 bits per heavy atom. The number of rotatable bonds is 6. The molecule has 4 nitrogen and oxygen atoms in total. The van der Waals surface area contributed by atoms with Crippen LogP contribution in [0.5, 0.6) is 0 Å². The van der Waals surface area contributed by atoms with Crippen LogP contribution in [0.1, 0.15) is 11.1 Å². The number of fused-ring (bicyclic) bond motifs is 10. The minimum Gasteiger partial charge on any atom is -0.309 e. The molecule has 0 aliphatic rings. The third kappa shape index (κ3) is 6.76. The van der Waals surface area contributed by atoms with Crippen LogP contribution in [0, 0.1) is 22.7 Å². The van der Waals surface area contributed by atoms with Gasteiger partial charge in [-0.1, -0.05) is 170 Å². The minimum atomic E-state index is 0.633. The van der Waals surface area contributed by atoms with Gasteiger partial charge in [0, 0.05) is 32.9 Å². The van der Waals surface area contributed by atoms with Crippen LogP contribution in [0.25, 0.3) is 143 Å². The topological polar surface area (TPSA) is 57.4 Å². The zero-order valence-electron chi connectivity index (χ0n) is 41.0. The van der Waals surface area contributed by atoms with Crippen LogP contribution in [-0.2, 0) is 0 Å². The largest absolute Gasteiger partial charge is 0.309 e. The monoisotopic (exact) mass is 962 g/mol. The fraction of sp³-hybridized carbons (Fsp3) is 0. The molecule has 15 rings (SSSR count). The highest BCUT2D eigenvalue weighted by molar-refractivity contribution is 6.23. The molecule has 0 radical (unpaired) electrons. The summed E-state index contributed by atoms with van der Waals surface area (Å²) in [7, 11) is 0. The maximum Gasteiger partial charge on any atom is 0.0992 e. The number of hydrogen-bond donors (Lipinski definition) is 0. The van der Waals surface area contributed by atoms with Gasteiger partial charge < -0.3 is 9.13 Å². The summed E-state index contributed by atoms with van der Waals surface area (Å²) < 4.78 is 4.59. The van der Waals surface area contributed by atoms with Crippen molar-refractivity contribution < 1.29 is 0 Å². The first-order valence-electron chi connectivity index (χ1n) is 25.7. The Morgan fingerprint density at radius 3 is 0.974 bits per heavy atom. The van der Waals surface area contributed by atoms with Crippen LogP contribution in [0.3, 0.4) is 0 Å². The third-order valence-electron chi connectivity index (χ3n) is 15.7. The Morgan fingerprint density at radius 2 is 0.566 bits per heavy atom. The van der Waals surface area contributed by atoms with Crippen molar-refractivity contribution in [2.24, 2.45) is 0 Å². The average molecular weight is 963 g/mol. The van der Waals surface area contributed by atoms with Crippen molar-refractivity contribution in [1.29, 1.82) is 10.5 Å². The van der Waals surface area contributed by atoms with Gasteiger partial charge in [0.05, 0.1) is 45.3 Å². The van der Waals surface area contributed by atoms with E-state index in [4.69, 9.17) is 0 Å². The van der Waals surface area contributed by atoms with Gasteiger partial charge in [0.2, 0.25) is 0 Å². The smallest absolute Gasteiger partial charge is 0.0992 e. The van der Waals surface area contributed by atoms with Crippen molar-refractivity contribution in [1.82, 2.24) is 9.13 Å². The van der Waals surface area contributed by atoms with Gasteiger partial charge in [-0.15, -0.1) is 0 Å². The van der Waals surface area contributed by atoms with E-state index in [0.29, 0.717) is 11.1 Å². The van der Waals surface area contributed by atoms with E-state index in [0.717, 1.165) is 88.4 Å². The number of nitriles is 2. The summed E-state index contributed by atoms with van der Waals surface area (Å²) in [6, 6.07) is 96.5. The van der Waals surface area contributed by atoms with E-state index in [1.54, 1.807) is 0 Å². The zero-order valence-corrected chi connectivity index (χ0v) is 41.0. The highest BCUT2D eigenvalue weighted by Gasteiger charge is 2.22. The molecule has 0 atom stereocenters. The molecular formula is C72H42N4. The van der Waals surface area contributed by atoms with E-state index < -0.39 is 0 Å². The molecule has 0 saturated carbocycles. The van der Waals surface area contributed by atoms with Crippen molar-refractivity contribution in [2.75, 3.05) is 0 Å². The van der Waals surface area contributed by atoms with Crippen molar-refractivity contribution in [3.05, 3.63) is 266 Å². The summed E-state index contributed by atoms with van der Waals surface area (Å²) in [5, 5.41) is 33.9. The molecule has 0 aliphatic carbocycles. The Labute approximate surface area is 438 Å². The van der Waals surface area contributed by atoms with Gasteiger partial charge in [0.25, 0.3) is 0 Å². The number of hydrogen-bond acceptors (Lipinski definition) is 2. The van der Waals surface area contributed by atoms with Crippen LogP contribution in [0.15, 0.2) is 255 Å². The maximum atomic E-state index is 9.99. The summed E-state index contributed by atoms with van der Waals surface area (Å²) in [6.07, 6.45) is 0. The molecule has 2 heterocycles. The van der Waals surface area contributed by atoms with Crippen molar-refractivity contribution in [2.45, 2.75) is 0 Å². The van der Waals surface area contributed by atoms with Crippen LogP contribution in [0.4, 0.5) is 0 Å². The lowest BCUT2D eigenvalue weighted by Crippen LogP contribution is -1.95. The first-order chi connectivity index (χ1) is 37.6. The van der Waals surface area contributed by atoms with E-state index in [-0.39, 0.29) is 0 Å². The standard InChI is InChI=1S/C72H42N4/c73-43-45-19-29-59-61-31-25-53(41-69(61)75(67(59)35-45)57-15-3-1-4-16-57)51-27-33-63-65(39-51)71(55-23-21-47-11-7-9-13-49(47)37-55)64-34-28-52(40-66(64)72(63)56-24-22-48-12-8-10-14-50(48)38-56)54-26-32-62-60-30-20-46(44-74)36-68(60)76(70(62)42-54)58-17-5-2-6-18-58/h1-42H. The first kappa shape index (κ1) is 43.1. The summed E-state index contributed by atoms with van der Waals surface area (Å²) in [5.74, 6) is 0. The molecule has 13 aromatic carbocycles. The number of benzene rings is 13. The number of aromatic nitrogens is 2. The fourth-order valence-corrected chi connectivity index (χ4v) is 12.1. The molecule has 350 valence electrons. The van der Waals surface area contributed by atoms with Crippen LogP contribution in [0.2, 0.25) is 0 Å². The average Bonchev–Trinajstić information content (AvgIpc) is 4.06. The van der Waals surface area contributed by atoms with Crippen molar-refractivity contribution >= 4 is 86.7 Å². The molecule has 0 unspecified atom stereocenters. The molecule has 2 aromatic heterocycles. The highest BCUT2D eigenvalue weighted by Crippen LogP contribution is 2.48. The second-order valence-electron chi connectivity index (χ2n) is 19.9. The molecule has 0 N–H and O–H groups in total. The van der Waals surface area contributed by atoms with Gasteiger partial charge in [0.15, 0.2) is 0 Å². The van der Waals surface area contributed by atoms with E-state index >= 15 is 0 Å². The van der Waals surface area contributed by atoms with Crippen LogP contribution < -0.4 is 0 Å². The Hall–Kier alpha value is -10.5. The van der Waals surface area contributed by atoms with Gasteiger partial charge in [-0.2, -0.15) is 10.5 Å². The molecule has 0 aliphatic heterocycles. The molecule has 0 spiro atoms. The molecule has 15 aromatic rings. The van der Waals surface area contributed by atoms with Gasteiger partial charge in [-0.25, -0.2) is 0 Å². The predicted octanol–water partition coefficient (Wildman–Crippen LogP) is 18.9. The molecule has 0 bridgehead atoms. The van der Waals surface area contributed by atoms with Crippen molar-refractivity contribution in [3.8, 4) is 68.0 Å². The lowest BCUT2D eigenvalue weighted by Gasteiger charge is -2.20. The molecule has 0 saturated heterocycles. The SMILES string of the molecule is N#Cc1ccc2c3ccc(-c4ccc5c(-c6ccc7ccccc7c6)c6cc(-c7ccc8c9ccc(C#N)cc9n(-c9ccccc9)c8c7)ccc6c(-c6ccc7ccccc7c6)c5c4)cc3n(-c3ccccc3)c2c1. The normalized spacial score (nSPS) is 11.7. The maximum absolute atomic E-state index is 9.99. The predicted molar refractivity (Wildman–Crippen MR) is 316 cm³/mol. The number of nitrogens with zero attached hydrogens (tertiary/aromatic N) is 4. The van der Waals surface area contributed by atoms with E-state index in [9.17, 15) is 10.5 Å². The number of para-hydroxylation sites is 2. The lowest BCUT2D eigenvalue weighted by molar-refractivity contribution is 1.18. The lowest BCUT2D eigenvalue weighted by atomic mass is 9.83. The van der Waals surface area contributed by atoms with Gasteiger partial charge in [-0.05, 0) is 173 Å². The Kier molecular flexibility index (Phi) is 9.66. The Balaban J connectivity index is 1.01. The van der Waals surface area contributed by atoms with Gasteiger partial charge >= 0.3 is 0 Å². The molecule has 76 heavy (non-hydrogen) atoms. The highest BCUT2D eigenvalue weighted by atomic mass is 15.0. The minimum absolute atomic E-state index is 0.633. The molecular weight excluding hydrogens is 921 g/mol. The summed E-state index contributed by atoms with van der Waals surface area (Å²) in [6.45, 7) is 0. The summed E-state index contributed by atoms with van der Waals surface area (Å²) >= 11 is 0. The summed E-state index contributed by atoms with van der Waals surface area (Å²) in [5.41, 5.74) is 16.7. The quantitative estimate of drug-likeness (QED) is 0.156. The van der Waals surface area contributed by atoms with Crippen LogP contribution in [-0.4, -0.2) is 9.13 Å². The molecule has 0 amide bonds. The second kappa shape index (κ2) is 17.0. The van der Waals surface area contributed by atoms with E-state index in [1.165, 1.54) is 54.2 Å². The Bertz CT molecular complexity index is 4690. The zero-order chi connectivity index (χ0) is 50.4. The third-order valence-corrected chi connectivity index (χ3v) is 15.7. The second-order valence-corrected chi connectivity index (χ2v) is 19.9. The van der Waals surface area contributed by atoms with E-state index in [2.05, 4.69) is 240 Å². The van der Waals surface area contributed by atoms with Crippen molar-refractivity contribution in [3.63, 3.8) is 0 Å². The fourth-order valence-electron chi connectivity index (χ4n) is 12.1. The summed E-state index contributed by atoms with van der Waals surface area (Å²) in [4.78, 5) is 0. The van der Waals surface area contributed by atoms with Crippen LogP contribution >= 0.6 is 0 Å².